The first-order valence-electron chi connectivity index (χ1n) is 3.40. The van der Waals surface area contributed by atoms with Crippen LogP contribution in [0.5, 0.6) is 0 Å². The first kappa shape index (κ1) is 9.35. The molecule has 0 bridgehead atoms. The van der Waals surface area contributed by atoms with Crippen LogP contribution in [-0.2, 0) is 11.1 Å². The molecule has 0 aromatic heterocycles. The van der Waals surface area contributed by atoms with E-state index in [4.69, 9.17) is 4.55 Å². The van der Waals surface area contributed by atoms with Gasteiger partial charge in [-0.3, -0.25) is 0 Å². The average molecular weight is 188 g/mol. The zero-order chi connectivity index (χ0) is 9.30. The quantitative estimate of drug-likeness (QED) is 0.684. The van der Waals surface area contributed by atoms with Gasteiger partial charge in [-0.15, -0.1) is 0 Å². The van der Waals surface area contributed by atoms with Gasteiger partial charge >= 0.3 is 0 Å². The summed E-state index contributed by atoms with van der Waals surface area (Å²) in [5.41, 5.74) is 0.886. The summed E-state index contributed by atoms with van der Waals surface area (Å²) in [5, 5.41) is 0. The van der Waals surface area contributed by atoms with Gasteiger partial charge in [0.05, 0.1) is 4.90 Å². The maximum Gasteiger partial charge on any atom is 0.186 e. The van der Waals surface area contributed by atoms with Gasteiger partial charge in [0.1, 0.15) is 5.82 Å². The van der Waals surface area contributed by atoms with E-state index < -0.39 is 11.1 Å². The Morgan fingerprint density at radius 3 is 2.42 bits per heavy atom. The summed E-state index contributed by atoms with van der Waals surface area (Å²) in [6.07, 6.45) is 0. The maximum absolute atomic E-state index is 12.8. The van der Waals surface area contributed by atoms with Gasteiger partial charge in [-0.25, -0.2) is 8.60 Å². The van der Waals surface area contributed by atoms with Crippen molar-refractivity contribution in [3.8, 4) is 0 Å². The molecular formula is C8H9FO2S. The number of halogens is 1. The summed E-state index contributed by atoms with van der Waals surface area (Å²) >= 11 is -2.03. The van der Waals surface area contributed by atoms with Crippen LogP contribution in [-0.4, -0.2) is 8.76 Å². The lowest BCUT2D eigenvalue weighted by atomic mass is 10.1. The van der Waals surface area contributed by atoms with Crippen molar-refractivity contribution >= 4 is 11.1 Å². The zero-order valence-electron chi connectivity index (χ0n) is 6.80. The maximum atomic E-state index is 12.8. The molecule has 0 radical (unpaired) electrons. The van der Waals surface area contributed by atoms with Crippen LogP contribution in [0.1, 0.15) is 11.1 Å². The van der Waals surface area contributed by atoms with Crippen LogP contribution in [0.3, 0.4) is 0 Å². The smallest absolute Gasteiger partial charge is 0.186 e. The van der Waals surface area contributed by atoms with Crippen molar-refractivity contribution in [2.45, 2.75) is 18.7 Å². The highest BCUT2D eigenvalue weighted by atomic mass is 32.2. The molecule has 1 atom stereocenters. The highest BCUT2D eigenvalue weighted by Gasteiger charge is 2.07. The van der Waals surface area contributed by atoms with Crippen molar-refractivity contribution in [2.75, 3.05) is 0 Å². The summed E-state index contributed by atoms with van der Waals surface area (Å²) in [5.74, 6) is -0.346. The number of benzene rings is 1. The number of hydrogen-bond donors (Lipinski definition) is 1. The van der Waals surface area contributed by atoms with Crippen LogP contribution in [0, 0.1) is 19.7 Å². The van der Waals surface area contributed by atoms with Crippen molar-refractivity contribution in [2.24, 2.45) is 0 Å². The minimum atomic E-state index is -2.03. The van der Waals surface area contributed by atoms with E-state index in [0.29, 0.717) is 11.1 Å². The number of rotatable bonds is 1. The molecule has 0 aliphatic carbocycles. The molecule has 0 fully saturated rings. The van der Waals surface area contributed by atoms with Crippen LogP contribution < -0.4 is 0 Å². The Hall–Kier alpha value is -0.740. The number of hydrogen-bond acceptors (Lipinski definition) is 1. The van der Waals surface area contributed by atoms with E-state index in [0.717, 1.165) is 0 Å². The molecule has 1 rings (SSSR count). The summed E-state index contributed by atoms with van der Waals surface area (Å²) in [6.45, 7) is 3.16. The van der Waals surface area contributed by atoms with E-state index >= 15 is 0 Å². The second kappa shape index (κ2) is 3.33. The highest BCUT2D eigenvalue weighted by molar-refractivity contribution is 7.79. The molecule has 0 spiro atoms. The van der Waals surface area contributed by atoms with Gasteiger partial charge in [0.2, 0.25) is 0 Å². The summed E-state index contributed by atoms with van der Waals surface area (Å²) in [4.78, 5) is 0.272. The third-order valence-corrected chi connectivity index (χ3v) is 2.46. The molecule has 4 heteroatoms. The summed E-state index contributed by atoms with van der Waals surface area (Å²) < 4.78 is 32.3. The lowest BCUT2D eigenvalue weighted by molar-refractivity contribution is 0.562. The predicted molar refractivity (Wildman–Crippen MR) is 44.9 cm³/mol. The van der Waals surface area contributed by atoms with Crippen molar-refractivity contribution in [1.82, 2.24) is 0 Å². The van der Waals surface area contributed by atoms with Gasteiger partial charge in [0.25, 0.3) is 0 Å². The molecule has 0 saturated carbocycles. The fourth-order valence-corrected chi connectivity index (χ4v) is 1.55. The van der Waals surface area contributed by atoms with Gasteiger partial charge in [-0.2, -0.15) is 0 Å². The first-order valence-corrected chi connectivity index (χ1v) is 4.50. The van der Waals surface area contributed by atoms with Crippen LogP contribution in [0.25, 0.3) is 0 Å². The van der Waals surface area contributed by atoms with Gasteiger partial charge in [0, 0.05) is 0 Å². The molecule has 2 nitrogen and oxygen atoms in total. The largest absolute Gasteiger partial charge is 0.302 e. The molecule has 1 aromatic rings. The van der Waals surface area contributed by atoms with Crippen LogP contribution in [0.4, 0.5) is 4.39 Å². The number of aryl methyl sites for hydroxylation is 2. The molecule has 12 heavy (non-hydrogen) atoms. The highest BCUT2D eigenvalue weighted by Crippen LogP contribution is 2.16. The zero-order valence-corrected chi connectivity index (χ0v) is 7.61. The average Bonchev–Trinajstić information content (AvgIpc) is 1.96. The van der Waals surface area contributed by atoms with Gasteiger partial charge < -0.3 is 4.55 Å². The van der Waals surface area contributed by atoms with Crippen molar-refractivity contribution in [3.63, 3.8) is 0 Å². The van der Waals surface area contributed by atoms with Gasteiger partial charge in [0.15, 0.2) is 11.1 Å². The lowest BCUT2D eigenvalue weighted by Crippen LogP contribution is -1.95. The van der Waals surface area contributed by atoms with Crippen LogP contribution >= 0.6 is 0 Å². The van der Waals surface area contributed by atoms with Crippen molar-refractivity contribution in [1.29, 1.82) is 0 Å². The van der Waals surface area contributed by atoms with Crippen LogP contribution in [0.2, 0.25) is 0 Å². The molecule has 66 valence electrons. The fourth-order valence-electron chi connectivity index (χ4n) is 0.943. The predicted octanol–water partition coefficient (Wildman–Crippen LogP) is 2.02. The Kier molecular flexibility index (Phi) is 2.59. The molecule has 1 unspecified atom stereocenters. The summed E-state index contributed by atoms with van der Waals surface area (Å²) in [7, 11) is 0. The molecule has 1 N–H and O–H groups in total. The van der Waals surface area contributed by atoms with Crippen LogP contribution in [0.15, 0.2) is 17.0 Å². The third-order valence-electron chi connectivity index (χ3n) is 1.64. The van der Waals surface area contributed by atoms with E-state index in [1.54, 1.807) is 13.8 Å². The topological polar surface area (TPSA) is 37.3 Å². The monoisotopic (exact) mass is 188 g/mol. The second-order valence-corrected chi connectivity index (χ2v) is 3.55. The molecular weight excluding hydrogens is 179 g/mol. The fraction of sp³-hybridized carbons (Fsp3) is 0.250. The first-order chi connectivity index (χ1) is 5.52. The molecule has 0 amide bonds. The SMILES string of the molecule is Cc1cc(S(=O)O)c(C)cc1F. The molecule has 0 heterocycles. The van der Waals surface area contributed by atoms with E-state index in [-0.39, 0.29) is 10.7 Å². The van der Waals surface area contributed by atoms with Gasteiger partial charge in [-0.05, 0) is 37.1 Å². The molecule has 0 saturated heterocycles. The summed E-state index contributed by atoms with van der Waals surface area (Å²) in [6, 6.07) is 2.65. The minimum absolute atomic E-state index is 0.272. The van der Waals surface area contributed by atoms with Crippen molar-refractivity contribution in [3.05, 3.63) is 29.1 Å². The van der Waals surface area contributed by atoms with E-state index in [9.17, 15) is 8.60 Å². The lowest BCUT2D eigenvalue weighted by Gasteiger charge is -2.03. The standard InChI is InChI=1S/C8H9FO2S/c1-5-4-8(12(10)11)6(2)3-7(5)9/h3-4H,1-2H3,(H,10,11). The normalized spacial score (nSPS) is 13.0. The second-order valence-electron chi connectivity index (χ2n) is 2.62. The van der Waals surface area contributed by atoms with E-state index in [1.165, 1.54) is 12.1 Å². The minimum Gasteiger partial charge on any atom is -0.302 e. The Balaban J connectivity index is 3.33. The Bertz CT molecular complexity index is 336. The molecule has 1 aromatic carbocycles. The third kappa shape index (κ3) is 1.70. The van der Waals surface area contributed by atoms with Crippen molar-refractivity contribution < 1.29 is 13.2 Å². The van der Waals surface area contributed by atoms with E-state index in [2.05, 4.69) is 0 Å². The van der Waals surface area contributed by atoms with Gasteiger partial charge in [-0.1, -0.05) is 0 Å². The Labute approximate surface area is 72.7 Å². The molecule has 0 aliphatic heterocycles. The Morgan fingerprint density at radius 1 is 1.33 bits per heavy atom. The Morgan fingerprint density at radius 2 is 1.92 bits per heavy atom. The van der Waals surface area contributed by atoms with E-state index in [1.807, 2.05) is 0 Å². The molecule has 0 aliphatic rings.